The van der Waals surface area contributed by atoms with Crippen molar-refractivity contribution in [3.63, 3.8) is 0 Å². The van der Waals surface area contributed by atoms with Gasteiger partial charge in [0.25, 0.3) is 0 Å². The topological polar surface area (TPSA) is 18.5 Å². The van der Waals surface area contributed by atoms with Crippen molar-refractivity contribution >= 4 is 0 Å². The molecule has 0 unspecified atom stereocenters. The number of nitrogens with zero attached hydrogens (tertiary/aromatic N) is 2. The van der Waals surface area contributed by atoms with E-state index >= 15 is 0 Å². The van der Waals surface area contributed by atoms with Crippen molar-refractivity contribution in [2.24, 2.45) is 5.92 Å². The van der Waals surface area contributed by atoms with E-state index in [1.807, 2.05) is 0 Å². The Morgan fingerprint density at radius 2 is 1.79 bits per heavy atom. The smallest absolute Gasteiger partial charge is 0.0191 e. The number of piperazine rings is 1. The molecule has 0 saturated carbocycles. The van der Waals surface area contributed by atoms with Crippen LogP contribution in [-0.4, -0.2) is 61.7 Å². The van der Waals surface area contributed by atoms with E-state index < -0.39 is 0 Å². The van der Waals surface area contributed by atoms with E-state index in [1.165, 1.54) is 51.0 Å². The second kappa shape index (κ2) is 7.41. The molecule has 2 saturated heterocycles. The number of rotatable bonds is 5. The molecule has 2 fully saturated rings. The Morgan fingerprint density at radius 1 is 1.16 bits per heavy atom. The molecule has 0 aromatic carbocycles. The molecule has 0 aliphatic carbocycles. The lowest BCUT2D eigenvalue weighted by atomic mass is 9.90. The van der Waals surface area contributed by atoms with Gasteiger partial charge < -0.3 is 10.2 Å². The van der Waals surface area contributed by atoms with E-state index in [0.29, 0.717) is 6.04 Å². The summed E-state index contributed by atoms with van der Waals surface area (Å²) >= 11 is 0. The van der Waals surface area contributed by atoms with Crippen LogP contribution in [0.25, 0.3) is 0 Å². The standard InChI is InChI=1S/C16H31N3/c1-14(2)19-8-4-16(5-9-19)12-15(3)13-18-10-6-17-7-11-18/h14,16-17H,3-13H2,1-2H3. The Hall–Kier alpha value is -0.380. The zero-order valence-corrected chi connectivity index (χ0v) is 12.8. The molecule has 2 aliphatic rings. The number of piperidine rings is 1. The van der Waals surface area contributed by atoms with Crippen molar-refractivity contribution in [3.05, 3.63) is 12.2 Å². The maximum Gasteiger partial charge on any atom is 0.0191 e. The lowest BCUT2D eigenvalue weighted by Gasteiger charge is -2.35. The molecule has 0 bridgehead atoms. The predicted molar refractivity (Wildman–Crippen MR) is 82.5 cm³/mol. The van der Waals surface area contributed by atoms with Crippen LogP contribution in [-0.2, 0) is 0 Å². The molecule has 1 N–H and O–H groups in total. The summed E-state index contributed by atoms with van der Waals surface area (Å²) in [5.41, 5.74) is 1.45. The maximum absolute atomic E-state index is 4.32. The third-order valence-corrected chi connectivity index (χ3v) is 4.61. The molecule has 3 heteroatoms. The lowest BCUT2D eigenvalue weighted by Crippen LogP contribution is -2.44. The van der Waals surface area contributed by atoms with Gasteiger partial charge in [0.1, 0.15) is 0 Å². The lowest BCUT2D eigenvalue weighted by molar-refractivity contribution is 0.148. The summed E-state index contributed by atoms with van der Waals surface area (Å²) in [5.74, 6) is 0.880. The highest BCUT2D eigenvalue weighted by Gasteiger charge is 2.21. The van der Waals surface area contributed by atoms with Gasteiger partial charge in [-0.05, 0) is 52.1 Å². The van der Waals surface area contributed by atoms with Gasteiger partial charge in [-0.2, -0.15) is 0 Å². The molecule has 0 atom stereocenters. The largest absolute Gasteiger partial charge is 0.314 e. The zero-order valence-electron chi connectivity index (χ0n) is 12.8. The molecule has 0 aromatic rings. The van der Waals surface area contributed by atoms with Gasteiger partial charge in [0.2, 0.25) is 0 Å². The third-order valence-electron chi connectivity index (χ3n) is 4.61. The number of likely N-dealkylation sites (tertiary alicyclic amines) is 1. The van der Waals surface area contributed by atoms with Gasteiger partial charge in [0.15, 0.2) is 0 Å². The molecule has 0 amide bonds. The van der Waals surface area contributed by atoms with Crippen LogP contribution in [0.3, 0.4) is 0 Å². The first-order chi connectivity index (χ1) is 9.15. The molecule has 0 aromatic heterocycles. The van der Waals surface area contributed by atoms with Crippen LogP contribution in [0.1, 0.15) is 33.1 Å². The fraction of sp³-hybridized carbons (Fsp3) is 0.875. The average Bonchev–Trinajstić information content (AvgIpc) is 2.40. The van der Waals surface area contributed by atoms with Gasteiger partial charge in [-0.3, -0.25) is 4.90 Å². The molecule has 0 radical (unpaired) electrons. The van der Waals surface area contributed by atoms with E-state index in [-0.39, 0.29) is 0 Å². The molecular weight excluding hydrogens is 234 g/mol. The summed E-state index contributed by atoms with van der Waals surface area (Å²) in [6.07, 6.45) is 3.97. The highest BCUT2D eigenvalue weighted by atomic mass is 15.2. The van der Waals surface area contributed by atoms with Gasteiger partial charge in [0.05, 0.1) is 0 Å². The van der Waals surface area contributed by atoms with Crippen LogP contribution in [0, 0.1) is 5.92 Å². The van der Waals surface area contributed by atoms with Crippen LogP contribution in [0.2, 0.25) is 0 Å². The normalized spacial score (nSPS) is 23.9. The molecule has 0 spiro atoms. The first-order valence-electron chi connectivity index (χ1n) is 7.99. The van der Waals surface area contributed by atoms with Crippen molar-refractivity contribution in [2.75, 3.05) is 45.8 Å². The first kappa shape index (κ1) is 15.0. The fourth-order valence-corrected chi connectivity index (χ4v) is 3.33. The summed E-state index contributed by atoms with van der Waals surface area (Å²) in [5, 5.41) is 3.41. The highest BCUT2D eigenvalue weighted by Crippen LogP contribution is 2.24. The van der Waals surface area contributed by atoms with E-state index in [9.17, 15) is 0 Å². The summed E-state index contributed by atoms with van der Waals surface area (Å²) in [4.78, 5) is 5.15. The molecule has 110 valence electrons. The number of hydrogen-bond acceptors (Lipinski definition) is 3. The second-order valence-electron chi connectivity index (χ2n) is 6.55. The Bertz CT molecular complexity index is 274. The monoisotopic (exact) mass is 265 g/mol. The summed E-state index contributed by atoms with van der Waals surface area (Å²) in [7, 11) is 0. The van der Waals surface area contributed by atoms with Crippen LogP contribution in [0.4, 0.5) is 0 Å². The SMILES string of the molecule is C=C(CC1CCN(C(C)C)CC1)CN1CCNCC1. The summed E-state index contributed by atoms with van der Waals surface area (Å²) < 4.78 is 0. The van der Waals surface area contributed by atoms with Gasteiger partial charge in [-0.1, -0.05) is 12.2 Å². The summed E-state index contributed by atoms with van der Waals surface area (Å²) in [6.45, 7) is 17.3. The van der Waals surface area contributed by atoms with Gasteiger partial charge in [-0.15, -0.1) is 0 Å². The number of nitrogens with one attached hydrogen (secondary N) is 1. The average molecular weight is 265 g/mol. The van der Waals surface area contributed by atoms with Gasteiger partial charge >= 0.3 is 0 Å². The van der Waals surface area contributed by atoms with Crippen molar-refractivity contribution < 1.29 is 0 Å². The third kappa shape index (κ3) is 4.90. The Kier molecular flexibility index (Phi) is 5.86. The van der Waals surface area contributed by atoms with Crippen molar-refractivity contribution in [1.29, 1.82) is 0 Å². The van der Waals surface area contributed by atoms with Crippen LogP contribution < -0.4 is 5.32 Å². The zero-order chi connectivity index (χ0) is 13.7. The molecular formula is C16H31N3. The second-order valence-corrected chi connectivity index (χ2v) is 6.55. The van der Waals surface area contributed by atoms with Gasteiger partial charge in [0, 0.05) is 38.8 Å². The first-order valence-corrected chi connectivity index (χ1v) is 7.99. The van der Waals surface area contributed by atoms with Crippen LogP contribution in [0.5, 0.6) is 0 Å². The van der Waals surface area contributed by atoms with Crippen molar-refractivity contribution in [3.8, 4) is 0 Å². The van der Waals surface area contributed by atoms with E-state index in [4.69, 9.17) is 0 Å². The fourth-order valence-electron chi connectivity index (χ4n) is 3.33. The molecule has 2 aliphatic heterocycles. The molecule has 2 heterocycles. The number of hydrogen-bond donors (Lipinski definition) is 1. The van der Waals surface area contributed by atoms with E-state index in [1.54, 1.807) is 0 Å². The van der Waals surface area contributed by atoms with Crippen LogP contribution in [0.15, 0.2) is 12.2 Å². The minimum absolute atomic E-state index is 0.713. The Labute approximate surface area is 119 Å². The summed E-state index contributed by atoms with van der Waals surface area (Å²) in [6, 6.07) is 0.713. The van der Waals surface area contributed by atoms with E-state index in [0.717, 1.165) is 25.6 Å². The van der Waals surface area contributed by atoms with Crippen molar-refractivity contribution in [2.45, 2.75) is 39.2 Å². The highest BCUT2D eigenvalue weighted by molar-refractivity contribution is 5.00. The Balaban J connectivity index is 1.65. The van der Waals surface area contributed by atoms with Crippen molar-refractivity contribution in [1.82, 2.24) is 15.1 Å². The van der Waals surface area contributed by atoms with E-state index in [2.05, 4.69) is 35.5 Å². The van der Waals surface area contributed by atoms with Gasteiger partial charge in [-0.25, -0.2) is 0 Å². The predicted octanol–water partition coefficient (Wildman–Crippen LogP) is 1.96. The molecule has 3 nitrogen and oxygen atoms in total. The minimum atomic E-state index is 0.713. The maximum atomic E-state index is 4.32. The molecule has 2 rings (SSSR count). The Morgan fingerprint density at radius 3 is 2.37 bits per heavy atom. The minimum Gasteiger partial charge on any atom is -0.314 e. The quantitative estimate of drug-likeness (QED) is 0.767. The molecule has 19 heavy (non-hydrogen) atoms. The van der Waals surface area contributed by atoms with Crippen LogP contribution >= 0.6 is 0 Å².